The number of hydrogen-bond donors (Lipinski definition) is 3. The second kappa shape index (κ2) is 10.7. The summed E-state index contributed by atoms with van der Waals surface area (Å²) in [6, 6.07) is 6.50. The maximum Gasteiger partial charge on any atom is 0.244 e. The third-order valence-electron chi connectivity index (χ3n) is 7.01. The molecular weight excluding hydrogens is 534 g/mol. The van der Waals surface area contributed by atoms with Crippen molar-refractivity contribution >= 4 is 51.1 Å². The number of likely N-dealkylation sites (tertiary alicyclic amines) is 1. The highest BCUT2D eigenvalue weighted by Crippen LogP contribution is 2.67. The number of anilines is 1. The van der Waals surface area contributed by atoms with Crippen LogP contribution in [0.25, 0.3) is 0 Å². The third kappa shape index (κ3) is 4.81. The first-order chi connectivity index (χ1) is 16.7. The van der Waals surface area contributed by atoms with Crippen molar-refractivity contribution in [2.45, 2.75) is 66.9 Å². The Morgan fingerprint density at radius 1 is 1.26 bits per heavy atom. The highest BCUT2D eigenvalue weighted by Gasteiger charge is 2.75. The van der Waals surface area contributed by atoms with Crippen molar-refractivity contribution < 1.29 is 24.2 Å². The molecule has 1 spiro atoms. The van der Waals surface area contributed by atoms with E-state index in [1.165, 1.54) is 0 Å². The molecule has 0 radical (unpaired) electrons. The number of halogens is 1. The normalized spacial score (nSPS) is 31.1. The molecule has 3 unspecified atom stereocenters. The van der Waals surface area contributed by atoms with Crippen LogP contribution < -0.4 is 15.4 Å². The van der Waals surface area contributed by atoms with Crippen molar-refractivity contribution in [3.8, 4) is 5.75 Å². The minimum Gasteiger partial charge on any atom is -0.494 e. The van der Waals surface area contributed by atoms with E-state index in [2.05, 4.69) is 26.6 Å². The number of nitrogens with one attached hydrogen (secondary N) is 2. The minimum absolute atomic E-state index is 0.0272. The standard InChI is InChI=1S/C25H34BrN3O5S/c1-4-34-16-9-7-15(8-10-16)28-22(31)18-19-24(33)29(11-5-6-12-30)21(23(32)27-14(2)3)25(19)13-17(26)20(18)35-25/h7-10,14,17-21,30H,4-6,11-13H2,1-3H3,(H,27,32)(H,28,31)/t17?,18-,19+,20-,21?,25?/m1/s1. The number of hydrogen-bond acceptors (Lipinski definition) is 6. The van der Waals surface area contributed by atoms with Gasteiger partial charge in [0, 0.05) is 35.0 Å². The monoisotopic (exact) mass is 567 g/mol. The van der Waals surface area contributed by atoms with Crippen LogP contribution in [0.1, 0.15) is 40.0 Å². The van der Waals surface area contributed by atoms with Crippen molar-refractivity contribution in [2.24, 2.45) is 11.8 Å². The van der Waals surface area contributed by atoms with Gasteiger partial charge in [-0.05, 0) is 64.3 Å². The Morgan fingerprint density at radius 3 is 2.60 bits per heavy atom. The fourth-order valence-electron chi connectivity index (χ4n) is 5.75. The van der Waals surface area contributed by atoms with E-state index < -0.39 is 22.6 Å². The lowest BCUT2D eigenvalue weighted by molar-refractivity contribution is -0.139. The van der Waals surface area contributed by atoms with E-state index in [0.29, 0.717) is 38.1 Å². The van der Waals surface area contributed by atoms with E-state index in [4.69, 9.17) is 4.74 Å². The topological polar surface area (TPSA) is 108 Å². The van der Waals surface area contributed by atoms with Crippen molar-refractivity contribution in [2.75, 3.05) is 25.1 Å². The largest absolute Gasteiger partial charge is 0.494 e. The first-order valence-electron chi connectivity index (χ1n) is 12.3. The highest BCUT2D eigenvalue weighted by atomic mass is 79.9. The van der Waals surface area contributed by atoms with Gasteiger partial charge in [-0.3, -0.25) is 14.4 Å². The van der Waals surface area contributed by atoms with Crippen molar-refractivity contribution in [3.05, 3.63) is 24.3 Å². The number of aliphatic hydroxyl groups is 1. The molecule has 8 nitrogen and oxygen atoms in total. The number of alkyl halides is 1. The number of unbranched alkanes of at least 4 members (excludes halogenated alkanes) is 1. The molecule has 35 heavy (non-hydrogen) atoms. The number of nitrogens with zero attached hydrogens (tertiary/aromatic N) is 1. The summed E-state index contributed by atoms with van der Waals surface area (Å²) in [7, 11) is 0. The van der Waals surface area contributed by atoms with Crippen molar-refractivity contribution in [3.63, 3.8) is 0 Å². The summed E-state index contributed by atoms with van der Waals surface area (Å²) in [6.45, 7) is 6.70. The zero-order valence-electron chi connectivity index (χ0n) is 20.3. The van der Waals surface area contributed by atoms with Crippen LogP contribution in [0.5, 0.6) is 5.75 Å². The van der Waals surface area contributed by atoms with Gasteiger partial charge in [0.2, 0.25) is 17.7 Å². The Kier molecular flexibility index (Phi) is 8.02. The SMILES string of the molecule is CCOc1ccc(NC(=O)[C@H]2[C@@H]3SC4(CC3Br)C(C(=O)NC(C)C)N(CCCCO)C(=O)[C@H]24)cc1. The lowest BCUT2D eigenvalue weighted by atomic mass is 9.70. The molecule has 2 bridgehead atoms. The van der Waals surface area contributed by atoms with Crippen LogP contribution in [0, 0.1) is 11.8 Å². The van der Waals surface area contributed by atoms with E-state index in [0.717, 1.165) is 5.75 Å². The molecule has 3 amide bonds. The summed E-state index contributed by atoms with van der Waals surface area (Å²) >= 11 is 5.39. The Hall–Kier alpha value is -1.78. The lowest BCUT2D eigenvalue weighted by Gasteiger charge is -2.35. The second-order valence-electron chi connectivity index (χ2n) is 9.74. The van der Waals surface area contributed by atoms with E-state index in [-0.39, 0.29) is 40.4 Å². The summed E-state index contributed by atoms with van der Waals surface area (Å²) in [5.74, 6) is -0.881. The molecule has 10 heteroatoms. The Bertz CT molecular complexity index is 961. The van der Waals surface area contributed by atoms with Crippen LogP contribution >= 0.6 is 27.7 Å². The summed E-state index contributed by atoms with van der Waals surface area (Å²) < 4.78 is 4.82. The first kappa shape index (κ1) is 26.3. The molecule has 6 atom stereocenters. The number of carbonyl (C=O) groups excluding carboxylic acids is 3. The fourth-order valence-corrected chi connectivity index (χ4v) is 9.37. The van der Waals surface area contributed by atoms with E-state index >= 15 is 0 Å². The van der Waals surface area contributed by atoms with Gasteiger partial charge in [0.05, 0.1) is 23.2 Å². The summed E-state index contributed by atoms with van der Waals surface area (Å²) in [6.07, 6.45) is 1.81. The quantitative estimate of drug-likeness (QED) is 0.296. The smallest absolute Gasteiger partial charge is 0.244 e. The van der Waals surface area contributed by atoms with Crippen molar-refractivity contribution in [1.29, 1.82) is 0 Å². The predicted molar refractivity (Wildman–Crippen MR) is 140 cm³/mol. The maximum absolute atomic E-state index is 13.8. The Labute approximate surface area is 219 Å². The average molecular weight is 569 g/mol. The molecule has 3 heterocycles. The number of carbonyl (C=O) groups is 3. The van der Waals surface area contributed by atoms with Gasteiger partial charge in [0.25, 0.3) is 0 Å². The molecule has 0 saturated carbocycles. The van der Waals surface area contributed by atoms with Crippen LogP contribution in [0.4, 0.5) is 5.69 Å². The molecule has 3 N–H and O–H groups in total. The van der Waals surface area contributed by atoms with Gasteiger partial charge in [-0.25, -0.2) is 0 Å². The van der Waals surface area contributed by atoms with Crippen LogP contribution in [-0.4, -0.2) is 74.4 Å². The number of rotatable bonds is 10. The number of aliphatic hydroxyl groups excluding tert-OH is 1. The summed E-state index contributed by atoms with van der Waals surface area (Å²) in [5.41, 5.74) is 0.644. The van der Waals surface area contributed by atoms with Gasteiger partial charge in [0.15, 0.2) is 0 Å². The van der Waals surface area contributed by atoms with Gasteiger partial charge < -0.3 is 25.4 Å². The van der Waals surface area contributed by atoms with Gasteiger partial charge in [-0.2, -0.15) is 0 Å². The summed E-state index contributed by atoms with van der Waals surface area (Å²) in [4.78, 5) is 42.5. The first-order valence-corrected chi connectivity index (χ1v) is 14.1. The van der Waals surface area contributed by atoms with Crippen molar-refractivity contribution in [1.82, 2.24) is 10.2 Å². The molecule has 0 aromatic heterocycles. The molecule has 1 aromatic rings. The number of ether oxygens (including phenoxy) is 1. The van der Waals surface area contributed by atoms with E-state index in [1.54, 1.807) is 40.9 Å². The predicted octanol–water partition coefficient (Wildman–Crippen LogP) is 2.79. The zero-order valence-corrected chi connectivity index (χ0v) is 22.7. The average Bonchev–Trinajstić information content (AvgIpc) is 3.38. The maximum atomic E-state index is 13.8. The van der Waals surface area contributed by atoms with E-state index in [1.807, 2.05) is 20.8 Å². The lowest BCUT2D eigenvalue weighted by Crippen LogP contribution is -2.55. The zero-order chi connectivity index (χ0) is 25.3. The Morgan fingerprint density at radius 2 is 1.97 bits per heavy atom. The fraction of sp³-hybridized carbons (Fsp3) is 0.640. The Balaban J connectivity index is 1.62. The van der Waals surface area contributed by atoms with Gasteiger partial charge >= 0.3 is 0 Å². The van der Waals surface area contributed by atoms with Crippen LogP contribution in [0.3, 0.4) is 0 Å². The molecule has 3 aliphatic rings. The highest BCUT2D eigenvalue weighted by molar-refractivity contribution is 9.09. The molecular formula is C25H34BrN3O5S. The van der Waals surface area contributed by atoms with Crippen LogP contribution in [0.15, 0.2) is 24.3 Å². The van der Waals surface area contributed by atoms with Crippen LogP contribution in [-0.2, 0) is 14.4 Å². The van der Waals surface area contributed by atoms with Gasteiger partial charge in [0.1, 0.15) is 11.8 Å². The molecule has 3 aliphatic heterocycles. The molecule has 192 valence electrons. The number of thioether (sulfide) groups is 1. The van der Waals surface area contributed by atoms with Gasteiger partial charge in [-0.15, -0.1) is 11.8 Å². The third-order valence-corrected chi connectivity index (χ3v) is 10.2. The summed E-state index contributed by atoms with van der Waals surface area (Å²) in [5, 5.41) is 15.2. The molecule has 4 rings (SSSR count). The number of fused-ring (bicyclic) bond motifs is 1. The second-order valence-corrected chi connectivity index (χ2v) is 12.5. The van der Waals surface area contributed by atoms with E-state index in [9.17, 15) is 19.5 Å². The molecule has 1 aromatic carbocycles. The van der Waals surface area contributed by atoms with Gasteiger partial charge in [-0.1, -0.05) is 15.9 Å². The molecule has 3 fully saturated rings. The minimum atomic E-state index is -0.658. The number of amides is 3. The van der Waals surface area contributed by atoms with Crippen LogP contribution in [0.2, 0.25) is 0 Å². The molecule has 0 aliphatic carbocycles. The molecule has 3 saturated heterocycles. The number of benzene rings is 1.